The first-order chi connectivity index (χ1) is 11.3. The van der Waals surface area contributed by atoms with Crippen LogP contribution >= 0.6 is 11.6 Å². The Morgan fingerprint density at radius 3 is 2.75 bits per heavy atom. The number of oxazole rings is 1. The standard InChI is InChI=1S/C17H18ClN3O3/c1-17(2)9-19-15(23)14(17)21-13(22)7-12-8-24-16(20-12)10-3-5-11(18)6-4-10/h3-6,8,14H,7,9H2,1-2H3,(H,19,23)(H,21,22). The normalized spacial score (nSPS) is 19.1. The summed E-state index contributed by atoms with van der Waals surface area (Å²) in [5.74, 6) is 0.00448. The van der Waals surface area contributed by atoms with Crippen molar-refractivity contribution >= 4 is 23.4 Å². The van der Waals surface area contributed by atoms with E-state index < -0.39 is 6.04 Å². The summed E-state index contributed by atoms with van der Waals surface area (Å²) < 4.78 is 5.41. The minimum atomic E-state index is -0.535. The van der Waals surface area contributed by atoms with E-state index in [0.29, 0.717) is 23.2 Å². The Balaban J connectivity index is 1.65. The van der Waals surface area contributed by atoms with Gasteiger partial charge in [-0.2, -0.15) is 0 Å². The molecule has 1 saturated heterocycles. The molecule has 2 heterocycles. The second-order valence-corrected chi connectivity index (χ2v) is 6.97. The maximum atomic E-state index is 12.2. The number of hydrogen-bond acceptors (Lipinski definition) is 4. The predicted molar refractivity (Wildman–Crippen MR) is 89.4 cm³/mol. The third-order valence-corrected chi connectivity index (χ3v) is 4.30. The van der Waals surface area contributed by atoms with Gasteiger partial charge in [0.05, 0.1) is 12.1 Å². The zero-order valence-corrected chi connectivity index (χ0v) is 14.2. The Kier molecular flexibility index (Phi) is 4.32. The van der Waals surface area contributed by atoms with Crippen LogP contribution in [-0.2, 0) is 16.0 Å². The molecule has 2 N–H and O–H groups in total. The molecule has 2 aromatic rings. The van der Waals surface area contributed by atoms with E-state index in [-0.39, 0.29) is 23.7 Å². The lowest BCUT2D eigenvalue weighted by Gasteiger charge is -2.24. The molecule has 24 heavy (non-hydrogen) atoms. The molecule has 0 radical (unpaired) electrons. The lowest BCUT2D eigenvalue weighted by atomic mass is 9.87. The van der Waals surface area contributed by atoms with E-state index in [2.05, 4.69) is 15.6 Å². The van der Waals surface area contributed by atoms with Gasteiger partial charge in [-0.1, -0.05) is 25.4 Å². The molecule has 0 saturated carbocycles. The van der Waals surface area contributed by atoms with Crippen molar-refractivity contribution in [2.75, 3.05) is 6.54 Å². The number of aromatic nitrogens is 1. The first-order valence-corrected chi connectivity index (χ1v) is 8.00. The zero-order chi connectivity index (χ0) is 17.3. The van der Waals surface area contributed by atoms with Gasteiger partial charge in [-0.3, -0.25) is 9.59 Å². The third-order valence-electron chi connectivity index (χ3n) is 4.05. The number of rotatable bonds is 4. The molecule has 6 nitrogen and oxygen atoms in total. The summed E-state index contributed by atoms with van der Waals surface area (Å²) in [5.41, 5.74) is 0.974. The van der Waals surface area contributed by atoms with Crippen LogP contribution in [0.25, 0.3) is 11.5 Å². The van der Waals surface area contributed by atoms with Gasteiger partial charge >= 0.3 is 0 Å². The summed E-state index contributed by atoms with van der Waals surface area (Å²) in [6.07, 6.45) is 1.50. The number of carbonyl (C=O) groups excluding carboxylic acids is 2. The number of hydrogen-bond donors (Lipinski definition) is 2. The largest absolute Gasteiger partial charge is 0.444 e. The fourth-order valence-corrected chi connectivity index (χ4v) is 2.75. The number of nitrogens with zero attached hydrogens (tertiary/aromatic N) is 1. The Morgan fingerprint density at radius 1 is 1.42 bits per heavy atom. The van der Waals surface area contributed by atoms with Crippen LogP contribution in [0.15, 0.2) is 34.9 Å². The molecule has 1 atom stereocenters. The van der Waals surface area contributed by atoms with Gasteiger partial charge in [-0.05, 0) is 24.3 Å². The monoisotopic (exact) mass is 347 g/mol. The SMILES string of the molecule is CC1(C)CNC(=O)C1NC(=O)Cc1coc(-c2ccc(Cl)cc2)n1. The molecule has 1 fully saturated rings. The molecule has 1 aromatic heterocycles. The van der Waals surface area contributed by atoms with E-state index in [4.69, 9.17) is 16.0 Å². The van der Waals surface area contributed by atoms with Crippen molar-refractivity contribution in [3.63, 3.8) is 0 Å². The molecule has 1 aromatic carbocycles. The minimum absolute atomic E-state index is 0.0525. The summed E-state index contributed by atoms with van der Waals surface area (Å²) in [6.45, 7) is 4.41. The van der Waals surface area contributed by atoms with Crippen molar-refractivity contribution in [1.82, 2.24) is 15.6 Å². The Labute approximate surface area is 144 Å². The second kappa shape index (κ2) is 6.28. The first-order valence-electron chi connectivity index (χ1n) is 7.62. The molecule has 0 aliphatic carbocycles. The molecule has 1 aliphatic rings. The van der Waals surface area contributed by atoms with Crippen LogP contribution in [-0.4, -0.2) is 29.4 Å². The number of benzene rings is 1. The van der Waals surface area contributed by atoms with E-state index in [0.717, 1.165) is 5.56 Å². The highest BCUT2D eigenvalue weighted by molar-refractivity contribution is 6.30. The van der Waals surface area contributed by atoms with Crippen molar-refractivity contribution in [2.24, 2.45) is 5.41 Å². The average Bonchev–Trinajstić information content (AvgIpc) is 3.08. The quantitative estimate of drug-likeness (QED) is 0.887. The van der Waals surface area contributed by atoms with Crippen molar-refractivity contribution in [3.8, 4) is 11.5 Å². The minimum Gasteiger partial charge on any atom is -0.444 e. The van der Waals surface area contributed by atoms with Gasteiger partial charge in [-0.25, -0.2) is 4.98 Å². The summed E-state index contributed by atoms with van der Waals surface area (Å²) in [6, 6.07) is 6.54. The van der Waals surface area contributed by atoms with Crippen molar-refractivity contribution in [2.45, 2.75) is 26.3 Å². The van der Waals surface area contributed by atoms with E-state index in [1.807, 2.05) is 13.8 Å². The van der Waals surface area contributed by atoms with Crippen LogP contribution in [0.4, 0.5) is 0 Å². The maximum Gasteiger partial charge on any atom is 0.243 e. The molecule has 1 unspecified atom stereocenters. The number of halogens is 1. The van der Waals surface area contributed by atoms with Crippen molar-refractivity contribution in [3.05, 3.63) is 41.2 Å². The van der Waals surface area contributed by atoms with Crippen LogP contribution < -0.4 is 10.6 Å². The number of nitrogens with one attached hydrogen (secondary N) is 2. The Hall–Kier alpha value is -2.34. The van der Waals surface area contributed by atoms with Gasteiger partial charge in [-0.15, -0.1) is 0 Å². The lowest BCUT2D eigenvalue weighted by molar-refractivity contribution is -0.128. The van der Waals surface area contributed by atoms with Gasteiger partial charge in [0.25, 0.3) is 0 Å². The summed E-state index contributed by atoms with van der Waals surface area (Å²) >= 11 is 5.85. The number of amides is 2. The molecule has 3 rings (SSSR count). The highest BCUT2D eigenvalue weighted by Gasteiger charge is 2.42. The van der Waals surface area contributed by atoms with Gasteiger partial charge in [0.2, 0.25) is 17.7 Å². The van der Waals surface area contributed by atoms with Gasteiger partial charge in [0.15, 0.2) is 0 Å². The fourth-order valence-electron chi connectivity index (χ4n) is 2.62. The Bertz CT molecular complexity index is 768. The summed E-state index contributed by atoms with van der Waals surface area (Å²) in [5, 5.41) is 6.16. The van der Waals surface area contributed by atoms with Gasteiger partial charge in [0.1, 0.15) is 12.3 Å². The first kappa shape index (κ1) is 16.5. The molecule has 0 spiro atoms. The van der Waals surface area contributed by atoms with Crippen LogP contribution in [0, 0.1) is 5.41 Å². The van der Waals surface area contributed by atoms with Crippen molar-refractivity contribution < 1.29 is 14.0 Å². The molecule has 0 bridgehead atoms. The maximum absolute atomic E-state index is 12.2. The lowest BCUT2D eigenvalue weighted by Crippen LogP contribution is -2.47. The highest BCUT2D eigenvalue weighted by Crippen LogP contribution is 2.25. The Morgan fingerprint density at radius 2 is 2.12 bits per heavy atom. The van der Waals surface area contributed by atoms with Crippen LogP contribution in [0.3, 0.4) is 0 Å². The van der Waals surface area contributed by atoms with Gasteiger partial charge < -0.3 is 15.1 Å². The summed E-state index contributed by atoms with van der Waals surface area (Å²) in [7, 11) is 0. The molecular formula is C17H18ClN3O3. The zero-order valence-electron chi connectivity index (χ0n) is 13.4. The van der Waals surface area contributed by atoms with E-state index >= 15 is 0 Å². The topological polar surface area (TPSA) is 84.2 Å². The fraction of sp³-hybridized carbons (Fsp3) is 0.353. The molecular weight excluding hydrogens is 330 g/mol. The molecule has 7 heteroatoms. The molecule has 2 amide bonds. The van der Waals surface area contributed by atoms with Gasteiger partial charge in [0, 0.05) is 22.5 Å². The van der Waals surface area contributed by atoms with Crippen LogP contribution in [0.5, 0.6) is 0 Å². The molecule has 1 aliphatic heterocycles. The smallest absolute Gasteiger partial charge is 0.243 e. The highest BCUT2D eigenvalue weighted by atomic mass is 35.5. The van der Waals surface area contributed by atoms with E-state index in [1.54, 1.807) is 24.3 Å². The number of carbonyl (C=O) groups is 2. The molecule has 126 valence electrons. The van der Waals surface area contributed by atoms with Crippen LogP contribution in [0.2, 0.25) is 5.02 Å². The third kappa shape index (κ3) is 3.43. The van der Waals surface area contributed by atoms with E-state index in [1.165, 1.54) is 6.26 Å². The summed E-state index contributed by atoms with van der Waals surface area (Å²) in [4.78, 5) is 28.3. The average molecular weight is 348 g/mol. The van der Waals surface area contributed by atoms with Crippen molar-refractivity contribution in [1.29, 1.82) is 0 Å². The predicted octanol–water partition coefficient (Wildman–Crippen LogP) is 2.18. The van der Waals surface area contributed by atoms with Crippen LogP contribution in [0.1, 0.15) is 19.5 Å². The van der Waals surface area contributed by atoms with E-state index in [9.17, 15) is 9.59 Å². The second-order valence-electron chi connectivity index (χ2n) is 6.53.